The molecular weight excluding hydrogens is 198 g/mol. The zero-order chi connectivity index (χ0) is 11.7. The molecule has 0 aromatic rings. The molecular formula is C9H19N3O3. The molecule has 1 N–H and O–H groups in total. The molecule has 0 heterocycles. The quantitative estimate of drug-likeness (QED) is 0.221. The summed E-state index contributed by atoms with van der Waals surface area (Å²) in [6, 6.07) is -0.361. The van der Waals surface area contributed by atoms with Gasteiger partial charge in [0.1, 0.15) is 6.79 Å². The molecule has 0 spiro atoms. The van der Waals surface area contributed by atoms with E-state index in [-0.39, 0.29) is 19.4 Å². The fourth-order valence-corrected chi connectivity index (χ4v) is 1.13. The highest BCUT2D eigenvalue weighted by Crippen LogP contribution is 2.18. The van der Waals surface area contributed by atoms with E-state index in [4.69, 9.17) is 15.0 Å². The van der Waals surface area contributed by atoms with Crippen LogP contribution in [0.15, 0.2) is 5.11 Å². The third-order valence-corrected chi connectivity index (χ3v) is 2.16. The van der Waals surface area contributed by atoms with Gasteiger partial charge in [-0.3, -0.25) is 0 Å². The molecule has 0 aromatic carbocycles. The van der Waals surface area contributed by atoms with Crippen molar-refractivity contribution in [1.82, 2.24) is 0 Å². The highest BCUT2D eigenvalue weighted by Gasteiger charge is 2.22. The topological polar surface area (TPSA) is 87.5 Å². The van der Waals surface area contributed by atoms with E-state index in [1.54, 1.807) is 6.92 Å². The van der Waals surface area contributed by atoms with Crippen LogP contribution in [0, 0.1) is 0 Å². The Kier molecular flexibility index (Phi) is 7.07. The van der Waals surface area contributed by atoms with Crippen molar-refractivity contribution in [2.45, 2.75) is 38.3 Å². The number of rotatable bonds is 8. The van der Waals surface area contributed by atoms with Crippen LogP contribution in [0.2, 0.25) is 0 Å². The fourth-order valence-electron chi connectivity index (χ4n) is 1.13. The van der Waals surface area contributed by atoms with Crippen LogP contribution < -0.4 is 0 Å². The van der Waals surface area contributed by atoms with Gasteiger partial charge in [-0.05, 0) is 25.3 Å². The van der Waals surface area contributed by atoms with Gasteiger partial charge in [0.15, 0.2) is 0 Å². The van der Waals surface area contributed by atoms with Crippen molar-refractivity contribution >= 4 is 0 Å². The van der Waals surface area contributed by atoms with Gasteiger partial charge in [-0.2, -0.15) is 0 Å². The summed E-state index contributed by atoms with van der Waals surface area (Å²) in [6.07, 6.45) is 0.992. The van der Waals surface area contributed by atoms with Crippen LogP contribution in [0.25, 0.3) is 10.4 Å². The molecule has 2 unspecified atom stereocenters. The second-order valence-corrected chi connectivity index (χ2v) is 3.69. The van der Waals surface area contributed by atoms with E-state index in [1.807, 2.05) is 6.92 Å². The molecule has 0 amide bonds. The van der Waals surface area contributed by atoms with E-state index in [0.717, 1.165) is 0 Å². The molecule has 2 atom stereocenters. The van der Waals surface area contributed by atoms with E-state index >= 15 is 0 Å². The molecule has 6 heteroatoms. The lowest BCUT2D eigenvalue weighted by molar-refractivity contribution is -0.0443. The van der Waals surface area contributed by atoms with E-state index in [9.17, 15) is 5.11 Å². The average Bonchev–Trinajstić information content (AvgIpc) is 2.18. The normalized spacial score (nSPS) is 16.5. The summed E-state index contributed by atoms with van der Waals surface area (Å²) < 4.78 is 9.80. The Morgan fingerprint density at radius 2 is 2.27 bits per heavy atom. The first-order chi connectivity index (χ1) is 7.05. The first-order valence-corrected chi connectivity index (χ1v) is 4.89. The standard InChI is InChI=1S/C9H19N3O3/c1-4-9(2,13)5-8(11-12-10)6-15-7-14-3/h8,13H,4-7H2,1-3H3. The molecule has 0 bridgehead atoms. The van der Waals surface area contributed by atoms with Crippen LogP contribution in [0.5, 0.6) is 0 Å². The SMILES string of the molecule is CCC(C)(O)CC(COCOC)N=[N+]=[N-]. The minimum absolute atomic E-state index is 0.158. The first kappa shape index (κ1) is 14.2. The van der Waals surface area contributed by atoms with Crippen LogP contribution in [0.4, 0.5) is 0 Å². The minimum Gasteiger partial charge on any atom is -0.390 e. The van der Waals surface area contributed by atoms with E-state index in [1.165, 1.54) is 7.11 Å². The predicted molar refractivity (Wildman–Crippen MR) is 56.3 cm³/mol. The van der Waals surface area contributed by atoms with Gasteiger partial charge in [-0.25, -0.2) is 0 Å². The third kappa shape index (κ3) is 7.16. The summed E-state index contributed by atoms with van der Waals surface area (Å²) in [4.78, 5) is 2.73. The smallest absolute Gasteiger partial charge is 0.146 e. The van der Waals surface area contributed by atoms with Gasteiger partial charge in [-0.15, -0.1) is 0 Å². The largest absolute Gasteiger partial charge is 0.390 e. The summed E-state index contributed by atoms with van der Waals surface area (Å²) in [5.74, 6) is 0. The molecule has 0 aliphatic carbocycles. The van der Waals surface area contributed by atoms with Gasteiger partial charge < -0.3 is 14.6 Å². The third-order valence-electron chi connectivity index (χ3n) is 2.16. The van der Waals surface area contributed by atoms with Crippen molar-refractivity contribution in [3.63, 3.8) is 0 Å². The lowest BCUT2D eigenvalue weighted by atomic mass is 9.95. The zero-order valence-electron chi connectivity index (χ0n) is 9.51. The Labute approximate surface area is 89.8 Å². The van der Waals surface area contributed by atoms with Crippen LogP contribution in [0.1, 0.15) is 26.7 Å². The number of aliphatic hydroxyl groups is 1. The molecule has 0 radical (unpaired) electrons. The summed E-state index contributed by atoms with van der Waals surface area (Å²) in [6.45, 7) is 4.01. The Bertz CT molecular complexity index is 215. The van der Waals surface area contributed by atoms with Crippen molar-refractivity contribution in [2.75, 3.05) is 20.5 Å². The highest BCUT2D eigenvalue weighted by atomic mass is 16.7. The van der Waals surface area contributed by atoms with E-state index in [2.05, 4.69) is 10.0 Å². The van der Waals surface area contributed by atoms with Gasteiger partial charge in [0.05, 0.1) is 18.2 Å². The average molecular weight is 217 g/mol. The Balaban J connectivity index is 4.09. The molecule has 88 valence electrons. The Morgan fingerprint density at radius 3 is 2.73 bits per heavy atom. The van der Waals surface area contributed by atoms with Crippen molar-refractivity contribution in [3.05, 3.63) is 10.4 Å². The molecule has 0 aliphatic heterocycles. The predicted octanol–water partition coefficient (Wildman–Crippen LogP) is 1.84. The molecule has 6 nitrogen and oxygen atoms in total. The Morgan fingerprint density at radius 1 is 1.60 bits per heavy atom. The number of nitrogens with zero attached hydrogens (tertiary/aromatic N) is 3. The maximum Gasteiger partial charge on any atom is 0.146 e. The minimum atomic E-state index is -0.824. The maximum atomic E-state index is 9.81. The van der Waals surface area contributed by atoms with Crippen molar-refractivity contribution in [2.24, 2.45) is 5.11 Å². The second kappa shape index (κ2) is 7.48. The van der Waals surface area contributed by atoms with Crippen LogP contribution in [-0.2, 0) is 9.47 Å². The molecule has 0 fully saturated rings. The summed E-state index contributed by atoms with van der Waals surface area (Å²) in [5, 5.41) is 13.4. The van der Waals surface area contributed by atoms with E-state index in [0.29, 0.717) is 12.8 Å². The van der Waals surface area contributed by atoms with E-state index < -0.39 is 5.60 Å². The number of hydrogen-bond donors (Lipinski definition) is 1. The molecule has 0 aromatic heterocycles. The van der Waals surface area contributed by atoms with Crippen LogP contribution >= 0.6 is 0 Å². The van der Waals surface area contributed by atoms with Gasteiger partial charge in [-0.1, -0.05) is 12.0 Å². The number of azide groups is 1. The molecule has 0 saturated heterocycles. The molecule has 0 saturated carbocycles. The summed E-state index contributed by atoms with van der Waals surface area (Å²) in [7, 11) is 1.52. The molecule has 0 rings (SSSR count). The van der Waals surface area contributed by atoms with Gasteiger partial charge >= 0.3 is 0 Å². The highest BCUT2D eigenvalue weighted by molar-refractivity contribution is 4.79. The lowest BCUT2D eigenvalue weighted by Gasteiger charge is -2.24. The van der Waals surface area contributed by atoms with Crippen molar-refractivity contribution < 1.29 is 14.6 Å². The Hall–Kier alpha value is -0.810. The van der Waals surface area contributed by atoms with Gasteiger partial charge in [0, 0.05) is 12.0 Å². The second-order valence-electron chi connectivity index (χ2n) is 3.69. The first-order valence-electron chi connectivity index (χ1n) is 4.89. The summed E-state index contributed by atoms with van der Waals surface area (Å²) in [5.41, 5.74) is 7.53. The number of methoxy groups -OCH3 is 1. The summed E-state index contributed by atoms with van der Waals surface area (Å²) >= 11 is 0. The van der Waals surface area contributed by atoms with Crippen molar-refractivity contribution in [3.8, 4) is 0 Å². The zero-order valence-corrected chi connectivity index (χ0v) is 9.51. The molecule has 15 heavy (non-hydrogen) atoms. The molecule has 0 aliphatic rings. The van der Waals surface area contributed by atoms with Crippen LogP contribution in [0.3, 0.4) is 0 Å². The fraction of sp³-hybridized carbons (Fsp3) is 1.00. The maximum absolute atomic E-state index is 9.81. The van der Waals surface area contributed by atoms with Crippen molar-refractivity contribution in [1.29, 1.82) is 0 Å². The van der Waals surface area contributed by atoms with Crippen LogP contribution in [-0.4, -0.2) is 37.3 Å². The number of hydrogen-bond acceptors (Lipinski definition) is 4. The number of ether oxygens (including phenoxy) is 2. The van der Waals surface area contributed by atoms with Gasteiger partial charge in [0.25, 0.3) is 0 Å². The monoisotopic (exact) mass is 217 g/mol. The van der Waals surface area contributed by atoms with Gasteiger partial charge in [0.2, 0.25) is 0 Å². The lowest BCUT2D eigenvalue weighted by Crippen LogP contribution is -2.30.